The number of amides is 2. The van der Waals surface area contributed by atoms with Crippen LogP contribution in [0.2, 0.25) is 0 Å². The minimum atomic E-state index is -0.894. The number of carbonyl (C=O) groups is 3. The number of nitrogens with two attached hydrogens (primary N) is 1. The fourth-order valence-corrected chi connectivity index (χ4v) is 2.20. The summed E-state index contributed by atoms with van der Waals surface area (Å²) in [6.07, 6.45) is 1.45. The van der Waals surface area contributed by atoms with E-state index in [2.05, 4.69) is 10.6 Å². The molecule has 0 aromatic heterocycles. The summed E-state index contributed by atoms with van der Waals surface area (Å²) in [4.78, 5) is 33.7. The molecule has 0 fully saturated rings. The fraction of sp³-hybridized carbons (Fsp3) is 0.850. The molecule has 0 aromatic rings. The maximum Gasteiger partial charge on any atom is 0.407 e. The maximum atomic E-state index is 11.9. The number of carboxylic acid groups (broad SMARTS) is 1. The molecule has 0 spiro atoms. The lowest BCUT2D eigenvalue weighted by Gasteiger charge is -2.19. The van der Waals surface area contributed by atoms with Crippen LogP contribution < -0.4 is 16.4 Å². The molecule has 0 heterocycles. The Hall–Kier alpha value is -1.95. The summed E-state index contributed by atoms with van der Waals surface area (Å²) in [6.45, 7) is 8.18. The smallest absolute Gasteiger partial charge is 0.407 e. The molecule has 1 atom stereocenters. The second kappa shape index (κ2) is 17.7. The van der Waals surface area contributed by atoms with E-state index in [1.807, 2.05) is 0 Å². The molecule has 2 amide bonds. The molecular formula is C20H39N3O8. The van der Waals surface area contributed by atoms with Gasteiger partial charge < -0.3 is 40.4 Å². The summed E-state index contributed by atoms with van der Waals surface area (Å²) in [7, 11) is 0. The molecule has 1 unspecified atom stereocenters. The largest absolute Gasteiger partial charge is 0.481 e. The van der Waals surface area contributed by atoms with Gasteiger partial charge in [-0.05, 0) is 40.0 Å². The SMILES string of the molecule is CC(C)(C)OC(=O)NCCCCC(N)C(=O)NCCOCCOCCOCCC(=O)O. The van der Waals surface area contributed by atoms with E-state index in [1.54, 1.807) is 20.8 Å². The Balaban J connectivity index is 3.47. The molecule has 0 aliphatic rings. The molecular weight excluding hydrogens is 410 g/mol. The lowest BCUT2D eigenvalue weighted by Crippen LogP contribution is -2.42. The molecule has 31 heavy (non-hydrogen) atoms. The monoisotopic (exact) mass is 449 g/mol. The Kier molecular flexibility index (Phi) is 16.6. The number of unbranched alkanes of at least 4 members (excludes halogenated alkanes) is 1. The van der Waals surface area contributed by atoms with Crippen molar-refractivity contribution in [2.45, 2.75) is 58.1 Å². The van der Waals surface area contributed by atoms with Gasteiger partial charge in [-0.2, -0.15) is 0 Å². The van der Waals surface area contributed by atoms with Crippen molar-refractivity contribution in [2.75, 3.05) is 52.7 Å². The van der Waals surface area contributed by atoms with Crippen molar-refractivity contribution in [3.8, 4) is 0 Å². The van der Waals surface area contributed by atoms with Gasteiger partial charge in [0.2, 0.25) is 5.91 Å². The summed E-state index contributed by atoms with van der Waals surface area (Å²) < 4.78 is 20.8. The number of carbonyl (C=O) groups excluding carboxylic acids is 2. The summed E-state index contributed by atoms with van der Waals surface area (Å²) >= 11 is 0. The van der Waals surface area contributed by atoms with Crippen LogP contribution in [0.25, 0.3) is 0 Å². The number of alkyl carbamates (subject to hydrolysis) is 1. The van der Waals surface area contributed by atoms with Gasteiger partial charge >= 0.3 is 12.1 Å². The van der Waals surface area contributed by atoms with Crippen LogP contribution in [0.1, 0.15) is 46.5 Å². The molecule has 0 aromatic carbocycles. The van der Waals surface area contributed by atoms with Crippen molar-refractivity contribution in [3.63, 3.8) is 0 Å². The molecule has 0 saturated carbocycles. The van der Waals surface area contributed by atoms with E-state index in [0.717, 1.165) is 0 Å². The van der Waals surface area contributed by atoms with Gasteiger partial charge in [-0.25, -0.2) is 4.79 Å². The van der Waals surface area contributed by atoms with Crippen molar-refractivity contribution in [2.24, 2.45) is 5.73 Å². The number of nitrogens with one attached hydrogen (secondary N) is 2. The Labute approximate surface area is 184 Å². The normalized spacial score (nSPS) is 12.3. The maximum absolute atomic E-state index is 11.9. The van der Waals surface area contributed by atoms with E-state index in [4.69, 9.17) is 29.8 Å². The van der Waals surface area contributed by atoms with E-state index in [0.29, 0.717) is 65.4 Å². The number of hydrogen-bond donors (Lipinski definition) is 4. The Bertz CT molecular complexity index is 511. The first-order valence-corrected chi connectivity index (χ1v) is 10.6. The molecule has 0 aliphatic heterocycles. The highest BCUT2D eigenvalue weighted by Gasteiger charge is 2.16. The van der Waals surface area contributed by atoms with Gasteiger partial charge in [0.05, 0.1) is 52.1 Å². The van der Waals surface area contributed by atoms with Crippen LogP contribution in [-0.4, -0.2) is 87.4 Å². The van der Waals surface area contributed by atoms with Crippen molar-refractivity contribution in [1.82, 2.24) is 10.6 Å². The molecule has 0 aliphatic carbocycles. The first kappa shape index (κ1) is 29.1. The summed E-state index contributed by atoms with van der Waals surface area (Å²) in [6, 6.07) is -0.606. The van der Waals surface area contributed by atoms with Gasteiger partial charge in [-0.1, -0.05) is 0 Å². The van der Waals surface area contributed by atoms with Crippen molar-refractivity contribution >= 4 is 18.0 Å². The van der Waals surface area contributed by atoms with Crippen LogP contribution in [0, 0.1) is 0 Å². The number of ether oxygens (including phenoxy) is 4. The molecule has 0 radical (unpaired) electrons. The summed E-state index contributed by atoms with van der Waals surface area (Å²) in [5.74, 6) is -1.13. The lowest BCUT2D eigenvalue weighted by molar-refractivity contribution is -0.138. The van der Waals surface area contributed by atoms with Crippen LogP contribution in [-0.2, 0) is 28.5 Å². The predicted molar refractivity (Wildman–Crippen MR) is 114 cm³/mol. The third-order valence-corrected chi connectivity index (χ3v) is 3.70. The van der Waals surface area contributed by atoms with Crippen molar-refractivity contribution in [3.05, 3.63) is 0 Å². The highest BCUT2D eigenvalue weighted by atomic mass is 16.6. The molecule has 11 heteroatoms. The fourth-order valence-electron chi connectivity index (χ4n) is 2.20. The molecule has 0 saturated heterocycles. The van der Waals surface area contributed by atoms with E-state index in [9.17, 15) is 14.4 Å². The molecule has 182 valence electrons. The number of rotatable bonds is 18. The quantitative estimate of drug-likeness (QED) is 0.220. The van der Waals surface area contributed by atoms with Gasteiger partial charge in [0, 0.05) is 13.1 Å². The highest BCUT2D eigenvalue weighted by Crippen LogP contribution is 2.06. The second-order valence-corrected chi connectivity index (χ2v) is 7.80. The van der Waals surface area contributed by atoms with Crippen molar-refractivity contribution < 1.29 is 38.4 Å². The first-order valence-electron chi connectivity index (χ1n) is 10.6. The van der Waals surface area contributed by atoms with Crippen LogP contribution >= 0.6 is 0 Å². The minimum absolute atomic E-state index is 0.0240. The lowest BCUT2D eigenvalue weighted by atomic mass is 10.1. The second-order valence-electron chi connectivity index (χ2n) is 7.80. The first-order chi connectivity index (χ1) is 14.6. The Morgan fingerprint density at radius 1 is 0.871 bits per heavy atom. The van der Waals surface area contributed by atoms with Gasteiger partial charge in [0.25, 0.3) is 0 Å². The molecule has 0 rings (SSSR count). The highest BCUT2D eigenvalue weighted by molar-refractivity contribution is 5.81. The standard InChI is InChI=1S/C20H39N3O8/c1-20(2,3)31-19(27)23-8-5-4-6-16(21)18(26)22-9-11-29-13-15-30-14-12-28-10-7-17(24)25/h16H,4-15,21H2,1-3H3,(H,22,26)(H,23,27)(H,24,25). The topological polar surface area (TPSA) is 158 Å². The Morgan fingerprint density at radius 2 is 1.45 bits per heavy atom. The van der Waals surface area contributed by atoms with E-state index in [-0.39, 0.29) is 18.9 Å². The van der Waals surface area contributed by atoms with Crippen LogP contribution in [0.5, 0.6) is 0 Å². The van der Waals surface area contributed by atoms with E-state index >= 15 is 0 Å². The number of carboxylic acids is 1. The third kappa shape index (κ3) is 21.1. The predicted octanol–water partition coefficient (Wildman–Crippen LogP) is 0.649. The minimum Gasteiger partial charge on any atom is -0.481 e. The van der Waals surface area contributed by atoms with Gasteiger partial charge in [0.1, 0.15) is 5.60 Å². The van der Waals surface area contributed by atoms with E-state index < -0.39 is 23.7 Å². The molecule has 0 bridgehead atoms. The van der Waals surface area contributed by atoms with Crippen LogP contribution in [0.3, 0.4) is 0 Å². The Morgan fingerprint density at radius 3 is 2.03 bits per heavy atom. The van der Waals surface area contributed by atoms with E-state index in [1.165, 1.54) is 0 Å². The zero-order valence-corrected chi connectivity index (χ0v) is 18.9. The molecule has 11 nitrogen and oxygen atoms in total. The summed E-state index contributed by atoms with van der Waals surface area (Å²) in [5, 5.41) is 13.8. The average molecular weight is 450 g/mol. The zero-order valence-electron chi connectivity index (χ0n) is 18.9. The number of aliphatic carboxylic acids is 1. The van der Waals surface area contributed by atoms with Gasteiger partial charge in [-0.3, -0.25) is 9.59 Å². The van der Waals surface area contributed by atoms with Crippen LogP contribution in [0.4, 0.5) is 4.79 Å². The van der Waals surface area contributed by atoms with Gasteiger partial charge in [-0.15, -0.1) is 0 Å². The average Bonchev–Trinajstić information content (AvgIpc) is 2.66. The zero-order chi connectivity index (χ0) is 23.5. The molecule has 5 N–H and O–H groups in total. The van der Waals surface area contributed by atoms with Crippen LogP contribution in [0.15, 0.2) is 0 Å². The van der Waals surface area contributed by atoms with Crippen molar-refractivity contribution in [1.29, 1.82) is 0 Å². The summed E-state index contributed by atoms with van der Waals surface area (Å²) in [5.41, 5.74) is 5.33. The third-order valence-electron chi connectivity index (χ3n) is 3.70. The van der Waals surface area contributed by atoms with Gasteiger partial charge in [0.15, 0.2) is 0 Å². The number of hydrogen-bond acceptors (Lipinski definition) is 8.